The highest BCUT2D eigenvalue weighted by Crippen LogP contribution is 2.26. The Labute approximate surface area is 109 Å². The molecule has 0 spiro atoms. The Morgan fingerprint density at radius 3 is 3.06 bits per heavy atom. The van der Waals surface area contributed by atoms with Crippen molar-refractivity contribution >= 4 is 27.5 Å². The minimum atomic E-state index is -0.712. The Hall–Kier alpha value is -0.120. The molecule has 1 aliphatic rings. The van der Waals surface area contributed by atoms with Crippen molar-refractivity contribution in [3.05, 3.63) is 33.3 Å². The fourth-order valence-corrected chi connectivity index (χ4v) is 2.68. The lowest BCUT2D eigenvalue weighted by Crippen LogP contribution is -2.38. The SMILES string of the molecule is F[C@H]1CCNC[C@H]1Cc1cc(Br)ccc1Cl. The molecule has 0 saturated carbocycles. The van der Waals surface area contributed by atoms with Gasteiger partial charge in [-0.1, -0.05) is 27.5 Å². The molecule has 0 aromatic heterocycles. The maximum atomic E-state index is 13.7. The van der Waals surface area contributed by atoms with Crippen molar-refractivity contribution in [1.82, 2.24) is 5.32 Å². The van der Waals surface area contributed by atoms with Gasteiger partial charge < -0.3 is 5.32 Å². The van der Waals surface area contributed by atoms with E-state index in [-0.39, 0.29) is 5.92 Å². The average molecular weight is 307 g/mol. The van der Waals surface area contributed by atoms with Crippen molar-refractivity contribution < 1.29 is 4.39 Å². The van der Waals surface area contributed by atoms with Crippen LogP contribution in [0.3, 0.4) is 0 Å². The molecule has 0 unspecified atom stereocenters. The molecule has 0 radical (unpaired) electrons. The summed E-state index contributed by atoms with van der Waals surface area (Å²) in [5.41, 5.74) is 1.02. The Balaban J connectivity index is 2.10. The molecule has 2 rings (SSSR count). The van der Waals surface area contributed by atoms with E-state index in [9.17, 15) is 4.39 Å². The molecule has 1 aliphatic heterocycles. The Morgan fingerprint density at radius 2 is 2.31 bits per heavy atom. The molecule has 1 heterocycles. The first kappa shape index (κ1) is 12.3. The summed E-state index contributed by atoms with van der Waals surface area (Å²) in [6, 6.07) is 5.73. The van der Waals surface area contributed by atoms with Crippen molar-refractivity contribution in [2.75, 3.05) is 13.1 Å². The Bertz CT molecular complexity index is 372. The van der Waals surface area contributed by atoms with Crippen LogP contribution in [-0.4, -0.2) is 19.3 Å². The number of nitrogens with one attached hydrogen (secondary N) is 1. The molecule has 1 saturated heterocycles. The van der Waals surface area contributed by atoms with Gasteiger partial charge in [0, 0.05) is 22.0 Å². The van der Waals surface area contributed by atoms with E-state index in [0.29, 0.717) is 12.8 Å². The third kappa shape index (κ3) is 2.96. The third-order valence-electron chi connectivity index (χ3n) is 3.00. The van der Waals surface area contributed by atoms with Crippen molar-refractivity contribution in [3.8, 4) is 0 Å². The van der Waals surface area contributed by atoms with E-state index in [2.05, 4.69) is 21.2 Å². The second-order valence-electron chi connectivity index (χ2n) is 4.21. The lowest BCUT2D eigenvalue weighted by molar-refractivity contribution is 0.178. The van der Waals surface area contributed by atoms with Crippen molar-refractivity contribution in [2.24, 2.45) is 5.92 Å². The minimum absolute atomic E-state index is 0.0422. The number of piperidine rings is 1. The fourth-order valence-electron chi connectivity index (χ4n) is 2.07. The van der Waals surface area contributed by atoms with Crippen molar-refractivity contribution in [3.63, 3.8) is 0 Å². The molecular weight excluding hydrogens is 292 g/mol. The molecule has 1 aromatic rings. The van der Waals surface area contributed by atoms with Crippen LogP contribution in [0.4, 0.5) is 4.39 Å². The van der Waals surface area contributed by atoms with Crippen LogP contribution >= 0.6 is 27.5 Å². The summed E-state index contributed by atoms with van der Waals surface area (Å²) in [5.74, 6) is 0.0422. The summed E-state index contributed by atoms with van der Waals surface area (Å²) in [6.07, 6.45) is 0.597. The van der Waals surface area contributed by atoms with E-state index >= 15 is 0 Å². The molecule has 4 heteroatoms. The van der Waals surface area contributed by atoms with Crippen molar-refractivity contribution in [2.45, 2.75) is 19.0 Å². The van der Waals surface area contributed by atoms with Crippen LogP contribution in [-0.2, 0) is 6.42 Å². The lowest BCUT2D eigenvalue weighted by Gasteiger charge is -2.27. The number of hydrogen-bond donors (Lipinski definition) is 1. The highest BCUT2D eigenvalue weighted by Gasteiger charge is 2.25. The number of hydrogen-bond acceptors (Lipinski definition) is 1. The average Bonchev–Trinajstić information content (AvgIpc) is 2.27. The first-order valence-electron chi connectivity index (χ1n) is 5.45. The zero-order valence-corrected chi connectivity index (χ0v) is 11.2. The maximum Gasteiger partial charge on any atom is 0.106 e. The molecule has 16 heavy (non-hydrogen) atoms. The van der Waals surface area contributed by atoms with Gasteiger partial charge >= 0.3 is 0 Å². The standard InChI is InChI=1S/C12H14BrClFN/c13-10-1-2-11(14)8(6-10)5-9-7-16-4-3-12(9)15/h1-2,6,9,12,16H,3-5,7H2/t9-,12+/m1/s1. The van der Waals surface area contributed by atoms with Crippen LogP contribution in [0.5, 0.6) is 0 Å². The predicted molar refractivity (Wildman–Crippen MR) is 68.7 cm³/mol. The Kier molecular flexibility index (Phi) is 4.22. The maximum absolute atomic E-state index is 13.7. The van der Waals surface area contributed by atoms with Gasteiger partial charge in [-0.2, -0.15) is 0 Å². The molecule has 0 bridgehead atoms. The van der Waals surface area contributed by atoms with E-state index in [1.54, 1.807) is 0 Å². The predicted octanol–water partition coefficient (Wildman–Crippen LogP) is 3.59. The van der Waals surface area contributed by atoms with Gasteiger partial charge in [-0.3, -0.25) is 0 Å². The zero-order chi connectivity index (χ0) is 11.5. The van der Waals surface area contributed by atoms with E-state index in [4.69, 9.17) is 11.6 Å². The molecule has 0 amide bonds. The smallest absolute Gasteiger partial charge is 0.106 e. The van der Waals surface area contributed by atoms with Crippen molar-refractivity contribution in [1.29, 1.82) is 0 Å². The van der Waals surface area contributed by atoms with Crippen LogP contribution < -0.4 is 5.32 Å². The quantitative estimate of drug-likeness (QED) is 0.880. The number of rotatable bonds is 2. The van der Waals surface area contributed by atoms with E-state index < -0.39 is 6.17 Å². The largest absolute Gasteiger partial charge is 0.316 e. The van der Waals surface area contributed by atoms with Gasteiger partial charge in [0.1, 0.15) is 6.17 Å². The number of benzene rings is 1. The zero-order valence-electron chi connectivity index (χ0n) is 8.85. The minimum Gasteiger partial charge on any atom is -0.316 e. The topological polar surface area (TPSA) is 12.0 Å². The summed E-state index contributed by atoms with van der Waals surface area (Å²) in [4.78, 5) is 0. The summed E-state index contributed by atoms with van der Waals surface area (Å²) in [7, 11) is 0. The lowest BCUT2D eigenvalue weighted by atomic mass is 9.91. The summed E-state index contributed by atoms with van der Waals surface area (Å²) >= 11 is 9.51. The van der Waals surface area contributed by atoms with Crippen LogP contribution in [0.1, 0.15) is 12.0 Å². The molecule has 1 nitrogen and oxygen atoms in total. The highest BCUT2D eigenvalue weighted by atomic mass is 79.9. The molecule has 1 N–H and O–H groups in total. The van der Waals surface area contributed by atoms with E-state index in [0.717, 1.165) is 28.1 Å². The molecular formula is C12H14BrClFN. The normalized spacial score (nSPS) is 25.7. The van der Waals surface area contributed by atoms with Crippen LogP contribution in [0.2, 0.25) is 5.02 Å². The first-order chi connectivity index (χ1) is 7.66. The van der Waals surface area contributed by atoms with Crippen LogP contribution in [0.25, 0.3) is 0 Å². The molecule has 1 aromatic carbocycles. The van der Waals surface area contributed by atoms with Gasteiger partial charge in [-0.15, -0.1) is 0 Å². The van der Waals surface area contributed by atoms with E-state index in [1.807, 2.05) is 18.2 Å². The summed E-state index contributed by atoms with van der Waals surface area (Å²) in [6.45, 7) is 1.52. The van der Waals surface area contributed by atoms with Gasteiger partial charge in [0.15, 0.2) is 0 Å². The van der Waals surface area contributed by atoms with Crippen LogP contribution in [0, 0.1) is 5.92 Å². The number of halogens is 3. The molecule has 0 aliphatic carbocycles. The van der Waals surface area contributed by atoms with Gasteiger partial charge in [-0.25, -0.2) is 4.39 Å². The summed E-state index contributed by atoms with van der Waals surface area (Å²) < 4.78 is 14.7. The summed E-state index contributed by atoms with van der Waals surface area (Å²) in [5, 5.41) is 3.95. The highest BCUT2D eigenvalue weighted by molar-refractivity contribution is 9.10. The second kappa shape index (κ2) is 5.48. The van der Waals surface area contributed by atoms with Gasteiger partial charge in [-0.05, 0) is 43.1 Å². The molecule has 1 fully saturated rings. The number of alkyl halides is 1. The molecule has 2 atom stereocenters. The fraction of sp³-hybridized carbons (Fsp3) is 0.500. The van der Waals surface area contributed by atoms with Crippen LogP contribution in [0.15, 0.2) is 22.7 Å². The first-order valence-corrected chi connectivity index (χ1v) is 6.62. The van der Waals surface area contributed by atoms with Gasteiger partial charge in [0.2, 0.25) is 0 Å². The van der Waals surface area contributed by atoms with E-state index in [1.165, 1.54) is 0 Å². The second-order valence-corrected chi connectivity index (χ2v) is 5.53. The Morgan fingerprint density at radius 1 is 1.50 bits per heavy atom. The van der Waals surface area contributed by atoms with Gasteiger partial charge in [0.25, 0.3) is 0 Å². The monoisotopic (exact) mass is 305 g/mol. The third-order valence-corrected chi connectivity index (χ3v) is 3.87. The molecule has 88 valence electrons. The van der Waals surface area contributed by atoms with Gasteiger partial charge in [0.05, 0.1) is 0 Å².